The summed E-state index contributed by atoms with van der Waals surface area (Å²) >= 11 is 0. The number of hydrogen-bond acceptors (Lipinski definition) is 12. The predicted octanol–water partition coefficient (Wildman–Crippen LogP) is -3.39. The summed E-state index contributed by atoms with van der Waals surface area (Å²) in [6, 6.07) is -0.874. The van der Waals surface area contributed by atoms with E-state index in [0.717, 1.165) is 6.54 Å². The first-order chi connectivity index (χ1) is 19.2. The van der Waals surface area contributed by atoms with Crippen molar-refractivity contribution in [2.24, 2.45) is 0 Å². The molecule has 40 heavy (non-hydrogen) atoms. The average Bonchev–Trinajstić information content (AvgIpc) is 2.91. The van der Waals surface area contributed by atoms with Crippen LogP contribution in [0.4, 0.5) is 0 Å². The minimum absolute atomic E-state index is 0.131. The molecular formula is C25H48N4O11. The molecule has 1 aliphatic rings. The number of hydrogen-bond donors (Lipinski definition) is 6. The van der Waals surface area contributed by atoms with Crippen LogP contribution in [0.25, 0.3) is 0 Å². The highest BCUT2D eigenvalue weighted by molar-refractivity contribution is 5.83. The van der Waals surface area contributed by atoms with E-state index in [1.165, 1.54) is 18.7 Å². The number of carbonyl (C=O) groups excluding carboxylic acids is 3. The average molecular weight is 581 g/mol. The lowest BCUT2D eigenvalue weighted by molar-refractivity contribution is -0.198. The first-order valence-electron chi connectivity index (χ1n) is 13.6. The second-order valence-corrected chi connectivity index (χ2v) is 9.24. The van der Waals surface area contributed by atoms with Crippen LogP contribution in [-0.4, -0.2) is 161 Å². The quantitative estimate of drug-likeness (QED) is 0.0696. The monoisotopic (exact) mass is 580 g/mol. The van der Waals surface area contributed by atoms with Gasteiger partial charge in [-0.05, 0) is 13.5 Å². The summed E-state index contributed by atoms with van der Waals surface area (Å²) < 4.78 is 27.4. The molecule has 5 atom stereocenters. The number of rotatable bonds is 22. The molecule has 1 aliphatic heterocycles. The zero-order valence-corrected chi connectivity index (χ0v) is 23.8. The van der Waals surface area contributed by atoms with Crippen LogP contribution in [0.1, 0.15) is 20.3 Å². The van der Waals surface area contributed by atoms with Crippen molar-refractivity contribution in [3.63, 3.8) is 0 Å². The molecule has 0 aromatic carbocycles. The van der Waals surface area contributed by atoms with Gasteiger partial charge in [0.2, 0.25) is 17.7 Å². The second kappa shape index (κ2) is 21.8. The van der Waals surface area contributed by atoms with Crippen LogP contribution >= 0.6 is 0 Å². The number of nitrogens with one attached hydrogen (secondary N) is 3. The van der Waals surface area contributed by atoms with Crippen LogP contribution in [0.2, 0.25) is 0 Å². The van der Waals surface area contributed by atoms with Gasteiger partial charge < -0.3 is 59.9 Å². The number of aliphatic hydroxyl groups is 3. The summed E-state index contributed by atoms with van der Waals surface area (Å²) in [6.45, 7) is 6.33. The number of aliphatic hydroxyl groups excluding tert-OH is 3. The van der Waals surface area contributed by atoms with Gasteiger partial charge in [0.05, 0.1) is 71.5 Å². The van der Waals surface area contributed by atoms with Crippen molar-refractivity contribution in [3.8, 4) is 0 Å². The maximum Gasteiger partial charge on any atom is 0.239 e. The van der Waals surface area contributed by atoms with Crippen LogP contribution in [-0.2, 0) is 38.1 Å². The van der Waals surface area contributed by atoms with Crippen molar-refractivity contribution in [1.82, 2.24) is 20.9 Å². The number of amides is 3. The van der Waals surface area contributed by atoms with Crippen LogP contribution in [0.3, 0.4) is 0 Å². The van der Waals surface area contributed by atoms with Gasteiger partial charge in [0.15, 0.2) is 0 Å². The number of likely N-dealkylation sites (N-methyl/N-ethyl adjacent to an activating group) is 1. The third-order valence-corrected chi connectivity index (χ3v) is 6.04. The van der Waals surface area contributed by atoms with Gasteiger partial charge in [-0.25, -0.2) is 0 Å². The molecule has 0 aliphatic carbocycles. The molecule has 0 aromatic rings. The third kappa shape index (κ3) is 15.2. The largest absolute Gasteiger partial charge is 0.394 e. The molecule has 0 saturated carbocycles. The van der Waals surface area contributed by atoms with Crippen molar-refractivity contribution >= 4 is 17.7 Å². The lowest BCUT2D eigenvalue weighted by Gasteiger charge is -2.42. The van der Waals surface area contributed by atoms with Gasteiger partial charge in [-0.15, -0.1) is 0 Å². The smallest absolute Gasteiger partial charge is 0.239 e. The van der Waals surface area contributed by atoms with E-state index in [-0.39, 0.29) is 44.5 Å². The van der Waals surface area contributed by atoms with E-state index in [9.17, 15) is 29.7 Å². The molecule has 6 N–H and O–H groups in total. The molecule has 0 radical (unpaired) electrons. The van der Waals surface area contributed by atoms with E-state index < -0.39 is 43.0 Å². The van der Waals surface area contributed by atoms with Crippen LogP contribution < -0.4 is 16.0 Å². The Bertz CT molecular complexity index is 718. The SMILES string of the molecule is CNCCOCCOCCOCCNC(=O)CN(CCOCC[C@H]1O[C@H](CO)[C@H](O)[C@H](O)[C@H]1NC(C)=O)C(C)=O. The molecule has 0 bridgehead atoms. The van der Waals surface area contributed by atoms with Gasteiger partial charge in [-0.3, -0.25) is 14.4 Å². The highest BCUT2D eigenvalue weighted by Crippen LogP contribution is 2.23. The van der Waals surface area contributed by atoms with Gasteiger partial charge in [-0.2, -0.15) is 0 Å². The van der Waals surface area contributed by atoms with Crippen molar-refractivity contribution in [3.05, 3.63) is 0 Å². The zero-order chi connectivity index (χ0) is 29.8. The van der Waals surface area contributed by atoms with Crippen LogP contribution in [0.15, 0.2) is 0 Å². The molecular weight excluding hydrogens is 532 g/mol. The maximum atomic E-state index is 12.2. The summed E-state index contributed by atoms with van der Waals surface area (Å²) in [6.07, 6.45) is -4.11. The zero-order valence-electron chi connectivity index (χ0n) is 23.8. The van der Waals surface area contributed by atoms with Gasteiger partial charge in [0.25, 0.3) is 0 Å². The summed E-state index contributed by atoms with van der Waals surface area (Å²) in [4.78, 5) is 37.0. The van der Waals surface area contributed by atoms with Gasteiger partial charge in [-0.1, -0.05) is 0 Å². The Morgan fingerprint density at radius 2 is 1.43 bits per heavy atom. The van der Waals surface area contributed by atoms with Gasteiger partial charge in [0.1, 0.15) is 18.3 Å². The Morgan fingerprint density at radius 3 is 2.00 bits per heavy atom. The fraction of sp³-hybridized carbons (Fsp3) is 0.880. The molecule has 15 nitrogen and oxygen atoms in total. The summed E-state index contributed by atoms with van der Waals surface area (Å²) in [5.41, 5.74) is 0. The molecule has 1 rings (SSSR count). The fourth-order valence-electron chi connectivity index (χ4n) is 3.89. The summed E-state index contributed by atoms with van der Waals surface area (Å²) in [5.74, 6) is -1.02. The second-order valence-electron chi connectivity index (χ2n) is 9.24. The topological polar surface area (TPSA) is 197 Å². The predicted molar refractivity (Wildman–Crippen MR) is 142 cm³/mol. The number of nitrogens with zero attached hydrogens (tertiary/aromatic N) is 1. The molecule has 1 fully saturated rings. The van der Waals surface area contributed by atoms with Crippen molar-refractivity contribution < 1.29 is 53.4 Å². The minimum atomic E-state index is -1.35. The minimum Gasteiger partial charge on any atom is -0.394 e. The van der Waals surface area contributed by atoms with E-state index in [0.29, 0.717) is 46.2 Å². The highest BCUT2D eigenvalue weighted by Gasteiger charge is 2.44. The van der Waals surface area contributed by atoms with Crippen LogP contribution in [0.5, 0.6) is 0 Å². The summed E-state index contributed by atoms with van der Waals surface area (Å²) in [5, 5.41) is 38.1. The third-order valence-electron chi connectivity index (χ3n) is 6.04. The Kier molecular flexibility index (Phi) is 19.6. The Hall–Kier alpha value is -1.95. The molecule has 0 unspecified atom stereocenters. The molecule has 0 aromatic heterocycles. The van der Waals surface area contributed by atoms with Gasteiger partial charge in [0, 0.05) is 40.1 Å². The molecule has 3 amide bonds. The standard InChI is InChI=1S/C25H48N4O11/c1-18(31)28-23-20(40-21(17-30)24(34)25(23)35)4-8-36-11-7-29(19(2)32)16-22(33)27-6-10-38-13-15-39-14-12-37-9-5-26-3/h20-21,23-26,30,34-35H,4-17H2,1-3H3,(H,27,33)(H,28,31)/t20-,21-,23+,24+,25-/m1/s1. The number of ether oxygens (including phenoxy) is 5. The fourth-order valence-corrected chi connectivity index (χ4v) is 3.89. The summed E-state index contributed by atoms with van der Waals surface area (Å²) in [7, 11) is 1.86. The van der Waals surface area contributed by atoms with E-state index in [2.05, 4.69) is 16.0 Å². The number of carbonyl (C=O) groups is 3. The normalized spacial score (nSPS) is 22.6. The van der Waals surface area contributed by atoms with Crippen molar-refractivity contribution in [1.29, 1.82) is 0 Å². The maximum absolute atomic E-state index is 12.2. The van der Waals surface area contributed by atoms with Gasteiger partial charge >= 0.3 is 0 Å². The molecule has 1 heterocycles. The Balaban J connectivity index is 2.23. The van der Waals surface area contributed by atoms with E-state index in [4.69, 9.17) is 23.7 Å². The molecule has 0 spiro atoms. The highest BCUT2D eigenvalue weighted by atomic mass is 16.5. The molecule has 234 valence electrons. The molecule has 15 heteroatoms. The Labute approximate surface area is 235 Å². The van der Waals surface area contributed by atoms with Crippen LogP contribution in [0, 0.1) is 0 Å². The first kappa shape index (κ1) is 36.1. The first-order valence-corrected chi connectivity index (χ1v) is 13.6. The molecule has 1 saturated heterocycles. The van der Waals surface area contributed by atoms with Crippen molar-refractivity contribution in [2.75, 3.05) is 92.7 Å². The van der Waals surface area contributed by atoms with E-state index >= 15 is 0 Å². The van der Waals surface area contributed by atoms with E-state index in [1.54, 1.807) is 0 Å². The Morgan fingerprint density at radius 1 is 0.825 bits per heavy atom. The van der Waals surface area contributed by atoms with E-state index in [1.807, 2.05) is 7.05 Å². The lowest BCUT2D eigenvalue weighted by Crippen LogP contribution is -2.64. The van der Waals surface area contributed by atoms with Crippen molar-refractivity contribution in [2.45, 2.75) is 50.7 Å². The lowest BCUT2D eigenvalue weighted by atomic mass is 9.91.